The Kier molecular flexibility index (Phi) is 5.62. The van der Waals surface area contributed by atoms with Crippen LogP contribution in [-0.2, 0) is 4.74 Å². The van der Waals surface area contributed by atoms with Crippen molar-refractivity contribution in [3.8, 4) is 0 Å². The van der Waals surface area contributed by atoms with E-state index in [0.717, 1.165) is 56.0 Å². The van der Waals surface area contributed by atoms with Crippen molar-refractivity contribution in [3.05, 3.63) is 11.6 Å². The van der Waals surface area contributed by atoms with E-state index in [1.165, 1.54) is 38.5 Å². The second-order valence-corrected chi connectivity index (χ2v) is 8.13. The quantitative estimate of drug-likeness (QED) is 0.696. The number of ether oxygens (including phenoxy) is 1. The molecule has 2 aliphatic carbocycles. The highest BCUT2D eigenvalue weighted by molar-refractivity contribution is 5.08. The summed E-state index contributed by atoms with van der Waals surface area (Å²) in [4.78, 5) is 2.77. The first-order valence-corrected chi connectivity index (χ1v) is 9.65. The van der Waals surface area contributed by atoms with E-state index < -0.39 is 0 Å². The third kappa shape index (κ3) is 3.59. The van der Waals surface area contributed by atoms with Gasteiger partial charge in [0.2, 0.25) is 0 Å². The van der Waals surface area contributed by atoms with E-state index in [-0.39, 0.29) is 0 Å². The lowest BCUT2D eigenvalue weighted by Crippen LogP contribution is -2.51. The molecule has 0 aromatic heterocycles. The van der Waals surface area contributed by atoms with E-state index in [4.69, 9.17) is 4.74 Å². The zero-order valence-electron chi connectivity index (χ0n) is 14.9. The Balaban J connectivity index is 1.76. The predicted molar refractivity (Wildman–Crippen MR) is 92.9 cm³/mol. The minimum Gasteiger partial charge on any atom is -0.379 e. The van der Waals surface area contributed by atoms with Crippen molar-refractivity contribution in [2.75, 3.05) is 26.3 Å². The molecule has 0 N–H and O–H groups in total. The predicted octanol–water partition coefficient (Wildman–Crippen LogP) is 4.51. The Morgan fingerprint density at radius 2 is 1.82 bits per heavy atom. The van der Waals surface area contributed by atoms with Crippen LogP contribution in [0.15, 0.2) is 11.6 Å². The summed E-state index contributed by atoms with van der Waals surface area (Å²) in [6.45, 7) is 11.4. The van der Waals surface area contributed by atoms with Gasteiger partial charge in [-0.2, -0.15) is 0 Å². The molecular formula is C20H35NO. The fourth-order valence-corrected chi connectivity index (χ4v) is 5.30. The summed E-state index contributed by atoms with van der Waals surface area (Å²) in [6, 6.07) is 0.823. The number of hydrogen-bond acceptors (Lipinski definition) is 2. The van der Waals surface area contributed by atoms with Gasteiger partial charge in [0.1, 0.15) is 0 Å². The molecule has 1 heterocycles. The second kappa shape index (κ2) is 7.49. The maximum Gasteiger partial charge on any atom is 0.0594 e. The number of allylic oxidation sites excluding steroid dienone is 2. The molecule has 2 saturated carbocycles. The SMILES string of the molecule is C/C=C1\CCC(C)C(C2C[C@@H](C)CC[C@@H]2N2CCOCC2)C1. The monoisotopic (exact) mass is 305 g/mol. The van der Waals surface area contributed by atoms with Crippen molar-refractivity contribution in [2.45, 2.75) is 65.3 Å². The van der Waals surface area contributed by atoms with Gasteiger partial charge in [0.25, 0.3) is 0 Å². The lowest BCUT2D eigenvalue weighted by atomic mass is 9.63. The standard InChI is InChI=1S/C20H35NO/c1-4-17-7-6-16(3)18(14-17)19-13-15(2)5-8-20(19)21-9-11-22-12-10-21/h4,15-16,18-20H,5-14H2,1-3H3/b17-4+/t15-,16?,18?,19?,20-/m0/s1. The van der Waals surface area contributed by atoms with Gasteiger partial charge in [-0.25, -0.2) is 0 Å². The van der Waals surface area contributed by atoms with Gasteiger partial charge in [0, 0.05) is 19.1 Å². The minimum absolute atomic E-state index is 0.823. The topological polar surface area (TPSA) is 12.5 Å². The first-order valence-electron chi connectivity index (χ1n) is 9.65. The molecule has 0 radical (unpaired) electrons. The van der Waals surface area contributed by atoms with Crippen LogP contribution in [0.3, 0.4) is 0 Å². The smallest absolute Gasteiger partial charge is 0.0594 e. The lowest BCUT2D eigenvalue weighted by Gasteiger charge is -2.49. The van der Waals surface area contributed by atoms with Gasteiger partial charge in [0.15, 0.2) is 0 Å². The van der Waals surface area contributed by atoms with Gasteiger partial charge in [-0.3, -0.25) is 4.90 Å². The molecule has 1 saturated heterocycles. The van der Waals surface area contributed by atoms with Crippen LogP contribution in [0.2, 0.25) is 0 Å². The summed E-state index contributed by atoms with van der Waals surface area (Å²) in [7, 11) is 0. The maximum absolute atomic E-state index is 5.60. The molecule has 22 heavy (non-hydrogen) atoms. The van der Waals surface area contributed by atoms with Gasteiger partial charge in [-0.1, -0.05) is 25.5 Å². The molecule has 126 valence electrons. The fraction of sp³-hybridized carbons (Fsp3) is 0.900. The molecule has 0 aromatic rings. The van der Waals surface area contributed by atoms with Gasteiger partial charge >= 0.3 is 0 Å². The Bertz CT molecular complexity index is 385. The second-order valence-electron chi connectivity index (χ2n) is 8.13. The molecule has 0 aromatic carbocycles. The van der Waals surface area contributed by atoms with Crippen LogP contribution in [0.1, 0.15) is 59.3 Å². The van der Waals surface area contributed by atoms with Gasteiger partial charge in [0.05, 0.1) is 13.2 Å². The first kappa shape index (κ1) is 16.5. The molecule has 0 spiro atoms. The zero-order valence-corrected chi connectivity index (χ0v) is 14.9. The molecule has 1 aliphatic heterocycles. The summed E-state index contributed by atoms with van der Waals surface area (Å²) in [6.07, 6.45) is 10.8. The Morgan fingerprint density at radius 1 is 1.05 bits per heavy atom. The number of nitrogens with zero attached hydrogens (tertiary/aromatic N) is 1. The maximum atomic E-state index is 5.60. The largest absolute Gasteiger partial charge is 0.379 e. The summed E-state index contributed by atoms with van der Waals surface area (Å²) in [5.41, 5.74) is 1.72. The third-order valence-electron chi connectivity index (χ3n) is 6.75. The lowest BCUT2D eigenvalue weighted by molar-refractivity contribution is -0.0318. The van der Waals surface area contributed by atoms with E-state index in [0.29, 0.717) is 0 Å². The van der Waals surface area contributed by atoms with Crippen LogP contribution < -0.4 is 0 Å². The van der Waals surface area contributed by atoms with Crippen LogP contribution in [0.4, 0.5) is 0 Å². The van der Waals surface area contributed by atoms with Crippen molar-refractivity contribution >= 4 is 0 Å². The van der Waals surface area contributed by atoms with Crippen LogP contribution in [0.25, 0.3) is 0 Å². The van der Waals surface area contributed by atoms with E-state index in [9.17, 15) is 0 Å². The molecule has 2 nitrogen and oxygen atoms in total. The Hall–Kier alpha value is -0.340. The average Bonchev–Trinajstić information content (AvgIpc) is 2.56. The molecular weight excluding hydrogens is 270 g/mol. The summed E-state index contributed by atoms with van der Waals surface area (Å²) in [5.74, 6) is 3.65. The summed E-state index contributed by atoms with van der Waals surface area (Å²) in [5, 5.41) is 0. The van der Waals surface area contributed by atoms with Crippen molar-refractivity contribution in [1.29, 1.82) is 0 Å². The van der Waals surface area contributed by atoms with E-state index in [1.54, 1.807) is 5.57 Å². The fourth-order valence-electron chi connectivity index (χ4n) is 5.30. The molecule has 3 fully saturated rings. The van der Waals surface area contributed by atoms with Gasteiger partial charge in [-0.15, -0.1) is 0 Å². The van der Waals surface area contributed by atoms with Crippen molar-refractivity contribution in [2.24, 2.45) is 23.7 Å². The number of rotatable bonds is 2. The minimum atomic E-state index is 0.823. The molecule has 3 aliphatic rings. The highest BCUT2D eigenvalue weighted by atomic mass is 16.5. The van der Waals surface area contributed by atoms with Crippen LogP contribution in [-0.4, -0.2) is 37.2 Å². The van der Waals surface area contributed by atoms with E-state index in [2.05, 4.69) is 31.7 Å². The summed E-state index contributed by atoms with van der Waals surface area (Å²) >= 11 is 0. The Morgan fingerprint density at radius 3 is 2.55 bits per heavy atom. The highest BCUT2D eigenvalue weighted by Gasteiger charge is 2.40. The van der Waals surface area contributed by atoms with Gasteiger partial charge in [-0.05, 0) is 69.1 Å². The molecule has 3 rings (SSSR count). The van der Waals surface area contributed by atoms with Crippen molar-refractivity contribution in [1.82, 2.24) is 4.90 Å². The van der Waals surface area contributed by atoms with Gasteiger partial charge < -0.3 is 4.74 Å². The van der Waals surface area contributed by atoms with Crippen LogP contribution in [0, 0.1) is 23.7 Å². The van der Waals surface area contributed by atoms with Crippen molar-refractivity contribution < 1.29 is 4.74 Å². The first-order chi connectivity index (χ1) is 10.7. The van der Waals surface area contributed by atoms with Crippen LogP contribution in [0.5, 0.6) is 0 Å². The number of morpholine rings is 1. The highest BCUT2D eigenvalue weighted by Crippen LogP contribution is 2.46. The molecule has 2 heteroatoms. The molecule has 0 bridgehead atoms. The summed E-state index contributed by atoms with van der Waals surface area (Å²) < 4.78 is 5.60. The normalized spacial score (nSPS) is 43.4. The zero-order chi connectivity index (χ0) is 15.5. The molecule has 5 atom stereocenters. The third-order valence-corrected chi connectivity index (χ3v) is 6.75. The average molecular weight is 306 g/mol. The van der Waals surface area contributed by atoms with Crippen molar-refractivity contribution in [3.63, 3.8) is 0 Å². The molecule has 0 amide bonds. The van der Waals surface area contributed by atoms with E-state index in [1.807, 2.05) is 0 Å². The Labute approximate surface area is 137 Å². The van der Waals surface area contributed by atoms with Crippen LogP contribution >= 0.6 is 0 Å². The number of hydrogen-bond donors (Lipinski definition) is 0. The van der Waals surface area contributed by atoms with E-state index >= 15 is 0 Å². The molecule has 3 unspecified atom stereocenters.